The number of fused-ring (bicyclic) bond motifs is 2. The van der Waals surface area contributed by atoms with Gasteiger partial charge in [0.1, 0.15) is 23.0 Å². The topological polar surface area (TPSA) is 110 Å². The van der Waals surface area contributed by atoms with E-state index in [1.54, 1.807) is 34.5 Å². The SMILES string of the molecule is C=CCS.C=CCSCC1=CC(C)(C)Nc2ccc(-c3c(OC)cccc3OC)cc21.COc1cccc(OC)c1-c1ccc2c(c1)C(CBr)=CC(C)(C)N2.O=CO[O-].[H-].[K+].[K+]. The summed E-state index contributed by atoms with van der Waals surface area (Å²) in [5, 5.41) is 16.4. The van der Waals surface area contributed by atoms with Crippen LogP contribution < -0.4 is 138 Å². The van der Waals surface area contributed by atoms with E-state index in [9.17, 15) is 0 Å². The smallest absolute Gasteiger partial charge is 1.00 e. The standard InChI is InChI=1S/C23H27NO2S.C20H22BrNO2.C3H6S.CH2O3.2K.H/c1-6-12-27-15-17-14-23(2,3)24-19-11-10-16(13-18(17)19)22-20(25-4)8-7-9-21(22)26-5;1-20(2)11-14(12-21)15-10-13(8-9-16(15)22-20)19-17(23-3)6-5-7-18(19)24-4;1-2-3-4;2-1-4-3;;;/h6-11,13-14,24H,1,12,15H2,2-5H3;5-11,22H,12H2,1-4H3;2,4H,1,3H2;1,3H;;;/q;;;;2*+1;-1/p-1. The molecule has 0 bridgehead atoms. The Labute approximate surface area is 467 Å². The molecule has 2 aliphatic rings. The molecule has 9 nitrogen and oxygen atoms in total. The largest absolute Gasteiger partial charge is 1.00 e. The molecule has 0 spiro atoms. The average molecular weight is 984 g/mol. The van der Waals surface area contributed by atoms with E-state index in [0.29, 0.717) is 0 Å². The zero-order chi connectivity index (χ0) is 43.6. The molecule has 318 valence electrons. The maximum absolute atomic E-state index is 8.64. The van der Waals surface area contributed by atoms with Gasteiger partial charge in [-0.2, -0.15) is 24.4 Å². The summed E-state index contributed by atoms with van der Waals surface area (Å²) in [5.74, 6) is 5.91. The van der Waals surface area contributed by atoms with Gasteiger partial charge in [-0.05, 0) is 98.5 Å². The molecule has 0 fully saturated rings. The number of carbonyl (C=O) groups is 1. The molecule has 0 unspecified atom stereocenters. The Kier molecular flexibility index (Phi) is 27.5. The number of hydrogen-bond donors (Lipinski definition) is 3. The second-order valence-electron chi connectivity index (χ2n) is 14.2. The second kappa shape index (κ2) is 29.1. The van der Waals surface area contributed by atoms with Crippen LogP contribution in [0.25, 0.3) is 33.4 Å². The van der Waals surface area contributed by atoms with Crippen LogP contribution in [-0.2, 0) is 9.68 Å². The number of thiol groups is 1. The number of halogens is 1. The first kappa shape index (κ1) is 57.5. The van der Waals surface area contributed by atoms with Crippen molar-refractivity contribution in [2.24, 2.45) is 0 Å². The third kappa shape index (κ3) is 16.8. The monoisotopic (exact) mass is 982 g/mol. The molecular formula is C47H57BrK2N2O7S2. The minimum absolute atomic E-state index is 0. The van der Waals surface area contributed by atoms with Gasteiger partial charge in [0.2, 0.25) is 0 Å². The van der Waals surface area contributed by atoms with Gasteiger partial charge in [-0.25, -0.2) is 0 Å². The van der Waals surface area contributed by atoms with E-state index in [1.165, 1.54) is 22.3 Å². The van der Waals surface area contributed by atoms with Crippen LogP contribution in [0.15, 0.2) is 110 Å². The molecule has 14 heteroatoms. The zero-order valence-electron chi connectivity index (χ0n) is 38.1. The van der Waals surface area contributed by atoms with Gasteiger partial charge in [0, 0.05) is 45.1 Å². The molecule has 61 heavy (non-hydrogen) atoms. The van der Waals surface area contributed by atoms with Crippen molar-refractivity contribution in [2.75, 3.05) is 61.7 Å². The Balaban J connectivity index is 0.000000986. The molecule has 0 amide bonds. The second-order valence-corrected chi connectivity index (χ2v) is 16.2. The van der Waals surface area contributed by atoms with Gasteiger partial charge >= 0.3 is 103 Å². The summed E-state index contributed by atoms with van der Waals surface area (Å²) in [6.07, 6.45) is 8.29. The molecule has 0 saturated heterocycles. The molecule has 2 N–H and O–H groups in total. The molecule has 4 aromatic rings. The molecule has 0 radical (unpaired) electrons. The van der Waals surface area contributed by atoms with E-state index in [0.717, 1.165) is 79.2 Å². The summed E-state index contributed by atoms with van der Waals surface area (Å²) >= 11 is 9.30. The number of allylic oxidation sites excluding steroid dienone is 1. The number of ether oxygens (including phenoxy) is 4. The summed E-state index contributed by atoms with van der Waals surface area (Å²) < 4.78 is 22.3. The quantitative estimate of drug-likeness (QED) is 0.0251. The minimum atomic E-state index is -0.181. The summed E-state index contributed by atoms with van der Waals surface area (Å²) in [6.45, 7) is 15.8. The van der Waals surface area contributed by atoms with Crippen LogP contribution in [0.2, 0.25) is 0 Å². The number of alkyl halides is 1. The van der Waals surface area contributed by atoms with Crippen LogP contribution in [0, 0.1) is 0 Å². The average Bonchev–Trinajstić information content (AvgIpc) is 3.24. The first-order valence-electron chi connectivity index (χ1n) is 18.7. The molecule has 0 atom stereocenters. The summed E-state index contributed by atoms with van der Waals surface area (Å²) in [5.41, 5.74) is 11.4. The van der Waals surface area contributed by atoms with Crippen LogP contribution in [0.1, 0.15) is 40.2 Å². The van der Waals surface area contributed by atoms with Crippen LogP contribution >= 0.6 is 40.3 Å². The molecular weight excluding hydrogens is 927 g/mol. The van der Waals surface area contributed by atoms with Crippen molar-refractivity contribution < 1.29 is 138 Å². The maximum atomic E-state index is 8.64. The number of rotatable bonds is 13. The van der Waals surface area contributed by atoms with E-state index in [1.807, 2.05) is 54.2 Å². The van der Waals surface area contributed by atoms with E-state index in [4.69, 9.17) is 29.0 Å². The van der Waals surface area contributed by atoms with E-state index >= 15 is 0 Å². The zero-order valence-corrected chi connectivity index (χ0v) is 46.7. The summed E-state index contributed by atoms with van der Waals surface area (Å²) in [6, 6.07) is 24.7. The van der Waals surface area contributed by atoms with Gasteiger partial charge in [-0.15, -0.1) is 13.2 Å². The van der Waals surface area contributed by atoms with Crippen molar-refractivity contribution in [2.45, 2.75) is 38.8 Å². The Bertz CT molecular complexity index is 2070. The van der Waals surface area contributed by atoms with Gasteiger partial charge in [-0.1, -0.05) is 64.5 Å². The number of thioether (sulfide) groups is 1. The molecule has 0 aliphatic carbocycles. The van der Waals surface area contributed by atoms with Crippen molar-refractivity contribution in [1.82, 2.24) is 0 Å². The number of benzene rings is 4. The van der Waals surface area contributed by atoms with E-state index in [2.05, 4.69) is 133 Å². The Morgan fingerprint density at radius 1 is 0.721 bits per heavy atom. The Morgan fingerprint density at radius 3 is 1.43 bits per heavy atom. The van der Waals surface area contributed by atoms with Gasteiger partial charge in [0.25, 0.3) is 6.47 Å². The van der Waals surface area contributed by atoms with Crippen LogP contribution in [0.3, 0.4) is 0 Å². The summed E-state index contributed by atoms with van der Waals surface area (Å²) in [4.78, 5) is 11.2. The number of hydrogen-bond acceptors (Lipinski definition) is 11. The predicted octanol–water partition coefficient (Wildman–Crippen LogP) is 4.89. The van der Waals surface area contributed by atoms with Gasteiger partial charge < -0.3 is 41.2 Å². The van der Waals surface area contributed by atoms with Crippen molar-refractivity contribution >= 4 is 69.3 Å². The molecule has 6 rings (SSSR count). The van der Waals surface area contributed by atoms with E-state index < -0.39 is 0 Å². The number of nitrogens with one attached hydrogen (secondary N) is 2. The van der Waals surface area contributed by atoms with E-state index in [-0.39, 0.29) is 122 Å². The van der Waals surface area contributed by atoms with Crippen molar-refractivity contribution in [3.63, 3.8) is 0 Å². The van der Waals surface area contributed by atoms with Crippen molar-refractivity contribution in [3.05, 3.63) is 121 Å². The van der Waals surface area contributed by atoms with Gasteiger partial charge in [0.05, 0.1) is 50.6 Å². The van der Waals surface area contributed by atoms with Crippen LogP contribution in [0.4, 0.5) is 11.4 Å². The molecule has 4 aromatic carbocycles. The number of methoxy groups -OCH3 is 4. The third-order valence-corrected chi connectivity index (χ3v) is 10.8. The fraction of sp³-hybridized carbons (Fsp3) is 0.298. The molecule has 0 saturated carbocycles. The maximum Gasteiger partial charge on any atom is 1.00 e. The fourth-order valence-electron chi connectivity index (χ4n) is 6.70. The minimum Gasteiger partial charge on any atom is -1.00 e. The van der Waals surface area contributed by atoms with Crippen molar-refractivity contribution in [1.29, 1.82) is 0 Å². The first-order chi connectivity index (χ1) is 28.3. The summed E-state index contributed by atoms with van der Waals surface area (Å²) in [7, 11) is 6.76. The Morgan fingerprint density at radius 2 is 1.10 bits per heavy atom. The molecule has 2 aliphatic heterocycles. The van der Waals surface area contributed by atoms with Crippen LogP contribution in [-0.4, -0.2) is 68.6 Å². The van der Waals surface area contributed by atoms with Crippen LogP contribution in [0.5, 0.6) is 23.0 Å². The number of carbonyl (C=O) groups excluding carboxylic acids is 1. The molecule has 0 aromatic heterocycles. The number of anilines is 2. The van der Waals surface area contributed by atoms with Crippen molar-refractivity contribution in [3.8, 4) is 45.3 Å². The molecule has 2 heterocycles. The Hall–Kier alpha value is -1.48. The van der Waals surface area contributed by atoms with Gasteiger partial charge in [0.15, 0.2) is 0 Å². The first-order valence-corrected chi connectivity index (χ1v) is 21.6. The fourth-order valence-corrected chi connectivity index (χ4v) is 7.90. The third-order valence-electron chi connectivity index (χ3n) is 8.95. The normalized spacial score (nSPS) is 13.2. The predicted molar refractivity (Wildman–Crippen MR) is 255 cm³/mol. The van der Waals surface area contributed by atoms with Gasteiger partial charge in [-0.3, -0.25) is 4.79 Å².